The lowest BCUT2D eigenvalue weighted by atomic mass is 10.2. The van der Waals surface area contributed by atoms with E-state index in [4.69, 9.17) is 10.5 Å². The number of aromatic nitrogens is 2. The first-order valence-corrected chi connectivity index (χ1v) is 9.04. The lowest BCUT2D eigenvalue weighted by molar-refractivity contribution is 0.103. The van der Waals surface area contributed by atoms with Crippen LogP contribution in [-0.2, 0) is 0 Å². The molecule has 0 radical (unpaired) electrons. The Hall–Kier alpha value is -3.45. The molecule has 4 rings (SSSR count). The van der Waals surface area contributed by atoms with Crippen LogP contribution in [0.2, 0.25) is 0 Å². The molecule has 0 aliphatic heterocycles. The van der Waals surface area contributed by atoms with E-state index in [-0.39, 0.29) is 5.91 Å². The van der Waals surface area contributed by atoms with Gasteiger partial charge in [0.2, 0.25) is 0 Å². The van der Waals surface area contributed by atoms with Crippen LogP contribution >= 0.6 is 11.3 Å². The number of nitrogens with two attached hydrogens (primary N) is 1. The minimum atomic E-state index is -0.292. The fraction of sp³-hybridized carbons (Fsp3) is 0.0500. The third kappa shape index (κ3) is 3.20. The van der Waals surface area contributed by atoms with Gasteiger partial charge in [-0.2, -0.15) is 0 Å². The molecule has 134 valence electrons. The van der Waals surface area contributed by atoms with E-state index in [2.05, 4.69) is 15.3 Å². The zero-order chi connectivity index (χ0) is 18.8. The maximum Gasteiger partial charge on any atom is 0.268 e. The summed E-state index contributed by atoms with van der Waals surface area (Å²) in [5.74, 6) is 0.292. The van der Waals surface area contributed by atoms with Gasteiger partial charge in [0, 0.05) is 11.6 Å². The van der Waals surface area contributed by atoms with E-state index in [1.165, 1.54) is 11.3 Å². The topological polar surface area (TPSA) is 90.1 Å². The van der Waals surface area contributed by atoms with Gasteiger partial charge >= 0.3 is 0 Å². The van der Waals surface area contributed by atoms with Gasteiger partial charge in [-0.25, -0.2) is 4.98 Å². The molecular formula is C20H16N4O2S. The van der Waals surface area contributed by atoms with Crippen molar-refractivity contribution in [3.63, 3.8) is 0 Å². The van der Waals surface area contributed by atoms with E-state index in [0.29, 0.717) is 26.8 Å². The predicted octanol–water partition coefficient (Wildman–Crippen LogP) is 4.20. The summed E-state index contributed by atoms with van der Waals surface area (Å²) in [7, 11) is 1.56. The van der Waals surface area contributed by atoms with Crippen molar-refractivity contribution >= 4 is 38.8 Å². The number of hydrogen-bond acceptors (Lipinski definition) is 6. The monoisotopic (exact) mass is 376 g/mol. The van der Waals surface area contributed by atoms with Crippen molar-refractivity contribution in [1.82, 2.24) is 9.97 Å². The van der Waals surface area contributed by atoms with Crippen LogP contribution in [0.5, 0.6) is 5.75 Å². The van der Waals surface area contributed by atoms with Crippen molar-refractivity contribution in [2.75, 3.05) is 18.2 Å². The number of carbonyl (C=O) groups excluding carboxylic acids is 1. The highest BCUT2D eigenvalue weighted by Gasteiger charge is 2.19. The average molecular weight is 376 g/mol. The summed E-state index contributed by atoms with van der Waals surface area (Å²) >= 11 is 1.26. The highest BCUT2D eigenvalue weighted by molar-refractivity contribution is 7.21. The molecule has 4 aromatic rings. The molecule has 7 heteroatoms. The molecule has 0 bridgehead atoms. The number of nitrogens with one attached hydrogen (secondary N) is 1. The first-order valence-electron chi connectivity index (χ1n) is 8.22. The van der Waals surface area contributed by atoms with Crippen molar-refractivity contribution < 1.29 is 9.53 Å². The molecule has 1 aromatic carbocycles. The van der Waals surface area contributed by atoms with E-state index < -0.39 is 0 Å². The third-order valence-electron chi connectivity index (χ3n) is 4.08. The Kier molecular flexibility index (Phi) is 4.43. The minimum Gasteiger partial charge on any atom is -0.495 e. The van der Waals surface area contributed by atoms with E-state index >= 15 is 0 Å². The van der Waals surface area contributed by atoms with Gasteiger partial charge in [-0.15, -0.1) is 11.3 Å². The number of hydrogen-bond donors (Lipinski definition) is 2. The second-order valence-electron chi connectivity index (χ2n) is 5.76. The summed E-state index contributed by atoms with van der Waals surface area (Å²) in [5.41, 5.74) is 8.73. The molecule has 0 unspecified atom stereocenters. The van der Waals surface area contributed by atoms with Crippen molar-refractivity contribution in [3.05, 3.63) is 65.7 Å². The molecule has 0 saturated carbocycles. The highest BCUT2D eigenvalue weighted by atomic mass is 32.1. The molecule has 0 spiro atoms. The predicted molar refractivity (Wildman–Crippen MR) is 108 cm³/mol. The van der Waals surface area contributed by atoms with Crippen LogP contribution in [0.25, 0.3) is 21.6 Å². The first-order chi connectivity index (χ1) is 13.2. The number of thiophene rings is 1. The number of rotatable bonds is 4. The fourth-order valence-electron chi connectivity index (χ4n) is 2.75. The Labute approximate surface area is 159 Å². The standard InChI is InChI=1S/C20H16N4O2S/c1-26-16-8-3-2-7-15(16)23-19(25)18-17(21)12-9-10-14(24-20(12)27-18)13-6-4-5-11-22-13/h2-11H,21H2,1H3,(H,23,25). The fourth-order valence-corrected chi connectivity index (χ4v) is 3.74. The number of carbonyl (C=O) groups is 1. The number of pyridine rings is 2. The summed E-state index contributed by atoms with van der Waals surface area (Å²) in [6.45, 7) is 0. The number of ether oxygens (including phenoxy) is 1. The molecule has 0 fully saturated rings. The van der Waals surface area contributed by atoms with Crippen molar-refractivity contribution in [2.45, 2.75) is 0 Å². The summed E-state index contributed by atoms with van der Waals surface area (Å²) in [5, 5.41) is 3.61. The number of nitrogen functional groups attached to an aromatic ring is 1. The minimum absolute atomic E-state index is 0.292. The molecule has 3 aromatic heterocycles. The van der Waals surface area contributed by atoms with Crippen LogP contribution in [0.15, 0.2) is 60.8 Å². The number of fused-ring (bicyclic) bond motifs is 1. The zero-order valence-corrected chi connectivity index (χ0v) is 15.3. The van der Waals surface area contributed by atoms with Gasteiger partial charge in [-0.3, -0.25) is 9.78 Å². The van der Waals surface area contributed by atoms with Crippen molar-refractivity contribution in [3.8, 4) is 17.1 Å². The molecule has 27 heavy (non-hydrogen) atoms. The van der Waals surface area contributed by atoms with E-state index in [1.54, 1.807) is 25.4 Å². The second-order valence-corrected chi connectivity index (χ2v) is 6.76. The van der Waals surface area contributed by atoms with E-state index in [9.17, 15) is 4.79 Å². The molecule has 0 aliphatic carbocycles. The maximum absolute atomic E-state index is 12.8. The summed E-state index contributed by atoms with van der Waals surface area (Å²) in [6.07, 6.45) is 1.72. The number of methoxy groups -OCH3 is 1. The Morgan fingerprint density at radius 2 is 1.89 bits per heavy atom. The van der Waals surface area contributed by atoms with Gasteiger partial charge in [0.1, 0.15) is 15.5 Å². The third-order valence-corrected chi connectivity index (χ3v) is 5.20. The zero-order valence-electron chi connectivity index (χ0n) is 14.5. The van der Waals surface area contributed by atoms with Crippen LogP contribution in [0.3, 0.4) is 0 Å². The maximum atomic E-state index is 12.8. The number of para-hydroxylation sites is 2. The van der Waals surface area contributed by atoms with Gasteiger partial charge in [0.25, 0.3) is 5.91 Å². The Bertz CT molecular complexity index is 1130. The van der Waals surface area contributed by atoms with Crippen LogP contribution in [0.4, 0.5) is 11.4 Å². The van der Waals surface area contributed by atoms with Crippen LogP contribution in [0.1, 0.15) is 9.67 Å². The molecule has 0 aliphatic rings. The van der Waals surface area contributed by atoms with Gasteiger partial charge < -0.3 is 15.8 Å². The van der Waals surface area contributed by atoms with Gasteiger partial charge in [-0.05, 0) is 36.4 Å². The number of amides is 1. The van der Waals surface area contributed by atoms with Gasteiger partial charge in [0.15, 0.2) is 0 Å². The molecule has 0 saturated heterocycles. The van der Waals surface area contributed by atoms with E-state index in [1.807, 2.05) is 42.5 Å². The quantitative estimate of drug-likeness (QED) is 0.557. The molecule has 1 amide bonds. The smallest absolute Gasteiger partial charge is 0.268 e. The molecule has 3 heterocycles. The van der Waals surface area contributed by atoms with Crippen molar-refractivity contribution in [1.29, 1.82) is 0 Å². The molecule has 3 N–H and O–H groups in total. The SMILES string of the molecule is COc1ccccc1NC(=O)c1sc2nc(-c3ccccn3)ccc2c1N. The Balaban J connectivity index is 1.70. The first kappa shape index (κ1) is 17.0. The van der Waals surface area contributed by atoms with Crippen molar-refractivity contribution in [2.24, 2.45) is 0 Å². The number of benzene rings is 1. The van der Waals surface area contributed by atoms with E-state index in [0.717, 1.165) is 16.8 Å². The summed E-state index contributed by atoms with van der Waals surface area (Å²) in [4.78, 5) is 22.8. The number of nitrogens with zero attached hydrogens (tertiary/aromatic N) is 2. The number of anilines is 2. The molecule has 0 atom stereocenters. The molecule has 6 nitrogen and oxygen atoms in total. The van der Waals surface area contributed by atoms with Crippen LogP contribution < -0.4 is 15.8 Å². The Morgan fingerprint density at radius 3 is 2.67 bits per heavy atom. The largest absolute Gasteiger partial charge is 0.495 e. The van der Waals surface area contributed by atoms with Gasteiger partial charge in [-0.1, -0.05) is 18.2 Å². The van der Waals surface area contributed by atoms with Crippen LogP contribution in [-0.4, -0.2) is 23.0 Å². The Morgan fingerprint density at radius 1 is 1.07 bits per heavy atom. The second kappa shape index (κ2) is 7.05. The highest BCUT2D eigenvalue weighted by Crippen LogP contribution is 2.35. The lowest BCUT2D eigenvalue weighted by Gasteiger charge is -2.09. The lowest BCUT2D eigenvalue weighted by Crippen LogP contribution is -2.12. The average Bonchev–Trinajstić information content (AvgIpc) is 3.05. The van der Waals surface area contributed by atoms with Gasteiger partial charge in [0.05, 0.1) is 29.9 Å². The normalized spacial score (nSPS) is 10.7. The summed E-state index contributed by atoms with van der Waals surface area (Å²) in [6, 6.07) is 16.6. The summed E-state index contributed by atoms with van der Waals surface area (Å²) < 4.78 is 5.27. The van der Waals surface area contributed by atoms with Crippen LogP contribution in [0, 0.1) is 0 Å². The molecular weight excluding hydrogens is 360 g/mol.